The van der Waals surface area contributed by atoms with E-state index in [4.69, 9.17) is 4.74 Å². The highest BCUT2D eigenvalue weighted by molar-refractivity contribution is 5.76. The van der Waals surface area contributed by atoms with Gasteiger partial charge in [-0.25, -0.2) is 4.98 Å². The second-order valence-electron chi connectivity index (χ2n) is 6.07. The Morgan fingerprint density at radius 1 is 1.26 bits per heavy atom. The molecule has 1 saturated heterocycles. The van der Waals surface area contributed by atoms with Crippen molar-refractivity contribution in [2.24, 2.45) is 5.92 Å². The van der Waals surface area contributed by atoms with Gasteiger partial charge in [-0.15, -0.1) is 0 Å². The number of ether oxygens (including phenoxy) is 1. The molecule has 0 atom stereocenters. The van der Waals surface area contributed by atoms with E-state index < -0.39 is 11.9 Å². The minimum atomic E-state index is -4.51. The van der Waals surface area contributed by atoms with Crippen molar-refractivity contribution in [2.75, 3.05) is 13.1 Å². The molecule has 0 spiro atoms. The van der Waals surface area contributed by atoms with Crippen LogP contribution in [0.4, 0.5) is 13.2 Å². The second-order valence-corrected chi connectivity index (χ2v) is 6.07. The largest absolute Gasteiger partial charge is 0.460 e. The summed E-state index contributed by atoms with van der Waals surface area (Å²) >= 11 is 0. The molecule has 1 aliphatic heterocycles. The van der Waals surface area contributed by atoms with Crippen LogP contribution >= 0.6 is 0 Å². The fraction of sp³-hybridized carbons (Fsp3) is 0.667. The molecule has 1 saturated carbocycles. The highest BCUT2D eigenvalue weighted by atomic mass is 19.4. The van der Waals surface area contributed by atoms with Gasteiger partial charge in [0.1, 0.15) is 6.10 Å². The van der Waals surface area contributed by atoms with Crippen molar-refractivity contribution >= 4 is 5.91 Å². The maximum atomic E-state index is 12.6. The van der Waals surface area contributed by atoms with E-state index in [0.29, 0.717) is 38.3 Å². The number of nitrogens with zero attached hydrogens (tertiary/aromatic N) is 3. The van der Waals surface area contributed by atoms with Gasteiger partial charge in [-0.3, -0.25) is 4.79 Å². The van der Waals surface area contributed by atoms with E-state index in [-0.39, 0.29) is 18.0 Å². The number of hydrogen-bond donors (Lipinski definition) is 0. The third-order valence-corrected chi connectivity index (χ3v) is 4.15. The molecule has 1 aliphatic carbocycles. The fourth-order valence-corrected chi connectivity index (χ4v) is 2.63. The van der Waals surface area contributed by atoms with Gasteiger partial charge in [0.15, 0.2) is 5.69 Å². The maximum Gasteiger partial charge on any atom is 0.433 e. The molecule has 0 bridgehead atoms. The first kappa shape index (κ1) is 16.0. The van der Waals surface area contributed by atoms with E-state index in [1.54, 1.807) is 0 Å². The van der Waals surface area contributed by atoms with Crippen LogP contribution in [0.5, 0.6) is 6.01 Å². The second kappa shape index (κ2) is 6.33. The third-order valence-electron chi connectivity index (χ3n) is 4.15. The molecule has 1 amide bonds. The summed E-state index contributed by atoms with van der Waals surface area (Å²) in [6.45, 7) is 1.13. The molecule has 2 heterocycles. The van der Waals surface area contributed by atoms with Crippen molar-refractivity contribution in [3.8, 4) is 6.01 Å². The van der Waals surface area contributed by atoms with Crippen LogP contribution in [0.1, 0.15) is 37.8 Å². The van der Waals surface area contributed by atoms with Gasteiger partial charge in [0.2, 0.25) is 5.91 Å². The molecule has 1 aromatic rings. The van der Waals surface area contributed by atoms with Crippen molar-refractivity contribution in [1.82, 2.24) is 14.9 Å². The van der Waals surface area contributed by atoms with Gasteiger partial charge >= 0.3 is 12.2 Å². The first-order chi connectivity index (χ1) is 10.9. The van der Waals surface area contributed by atoms with E-state index in [0.717, 1.165) is 25.1 Å². The van der Waals surface area contributed by atoms with E-state index in [1.165, 1.54) is 0 Å². The lowest BCUT2D eigenvalue weighted by molar-refractivity contribution is -0.141. The Hall–Kier alpha value is -1.86. The molecule has 0 radical (unpaired) electrons. The van der Waals surface area contributed by atoms with E-state index in [1.807, 2.05) is 4.90 Å². The molecule has 5 nitrogen and oxygen atoms in total. The standard InChI is InChI=1S/C15H18F3N3O2/c16-15(17,18)12-3-6-19-14(20-12)23-11-4-7-21(8-5-11)13(22)9-10-1-2-10/h3,6,10-11H,1-2,4-5,7-9H2. The van der Waals surface area contributed by atoms with Gasteiger partial charge in [0.25, 0.3) is 0 Å². The van der Waals surface area contributed by atoms with Gasteiger partial charge in [-0.05, 0) is 24.8 Å². The zero-order valence-corrected chi connectivity index (χ0v) is 12.6. The quantitative estimate of drug-likeness (QED) is 0.852. The number of halogens is 3. The molecular weight excluding hydrogens is 311 g/mol. The molecule has 23 heavy (non-hydrogen) atoms. The van der Waals surface area contributed by atoms with Gasteiger partial charge in [0.05, 0.1) is 0 Å². The summed E-state index contributed by atoms with van der Waals surface area (Å²) in [6.07, 6.45) is 0.313. The van der Waals surface area contributed by atoms with Gasteiger partial charge in [-0.2, -0.15) is 18.2 Å². The lowest BCUT2D eigenvalue weighted by atomic mass is 10.1. The Morgan fingerprint density at radius 3 is 2.57 bits per heavy atom. The Kier molecular flexibility index (Phi) is 4.41. The Balaban J connectivity index is 1.51. The summed E-state index contributed by atoms with van der Waals surface area (Å²) in [5, 5.41) is 0. The maximum absolute atomic E-state index is 12.6. The average molecular weight is 329 g/mol. The van der Waals surface area contributed by atoms with E-state index in [2.05, 4.69) is 9.97 Å². The van der Waals surface area contributed by atoms with E-state index in [9.17, 15) is 18.0 Å². The number of amides is 1. The molecular formula is C15H18F3N3O2. The molecule has 8 heteroatoms. The van der Waals surface area contributed by atoms with Crippen LogP contribution in [-0.4, -0.2) is 40.0 Å². The summed E-state index contributed by atoms with van der Waals surface area (Å²) in [7, 11) is 0. The molecule has 0 aromatic carbocycles. The Bertz CT molecular complexity index is 567. The normalized spacial score (nSPS) is 19.7. The molecule has 1 aromatic heterocycles. The predicted octanol–water partition coefficient (Wildman–Crippen LogP) is 2.67. The molecule has 0 unspecified atom stereocenters. The van der Waals surface area contributed by atoms with Crippen molar-refractivity contribution in [3.63, 3.8) is 0 Å². The lowest BCUT2D eigenvalue weighted by Crippen LogP contribution is -2.42. The van der Waals surface area contributed by atoms with Crippen LogP contribution in [0.15, 0.2) is 12.3 Å². The number of carbonyl (C=O) groups excluding carboxylic acids is 1. The summed E-state index contributed by atoms with van der Waals surface area (Å²) in [6, 6.07) is 0.550. The van der Waals surface area contributed by atoms with Gasteiger partial charge in [0, 0.05) is 38.5 Å². The topological polar surface area (TPSA) is 55.3 Å². The number of aromatic nitrogens is 2. The first-order valence-electron chi connectivity index (χ1n) is 7.76. The minimum Gasteiger partial charge on any atom is -0.460 e. The minimum absolute atomic E-state index is 0.168. The number of piperidine rings is 1. The highest BCUT2D eigenvalue weighted by Gasteiger charge is 2.34. The highest BCUT2D eigenvalue weighted by Crippen LogP contribution is 2.33. The zero-order chi connectivity index (χ0) is 16.4. The van der Waals surface area contributed by atoms with Crippen LogP contribution in [0, 0.1) is 5.92 Å². The fourth-order valence-electron chi connectivity index (χ4n) is 2.63. The first-order valence-corrected chi connectivity index (χ1v) is 7.76. The number of likely N-dealkylation sites (tertiary alicyclic amines) is 1. The van der Waals surface area contributed by atoms with Crippen LogP contribution < -0.4 is 4.74 Å². The number of alkyl halides is 3. The molecule has 2 aliphatic rings. The smallest absolute Gasteiger partial charge is 0.433 e. The summed E-state index contributed by atoms with van der Waals surface area (Å²) < 4.78 is 43.3. The molecule has 126 valence electrons. The Morgan fingerprint density at radius 2 is 1.96 bits per heavy atom. The SMILES string of the molecule is O=C(CC1CC1)N1CCC(Oc2nccc(C(F)(F)F)n2)CC1. The van der Waals surface area contributed by atoms with Crippen LogP contribution in [-0.2, 0) is 11.0 Å². The molecule has 0 N–H and O–H groups in total. The summed E-state index contributed by atoms with van der Waals surface area (Å²) in [5.41, 5.74) is -1.01. The molecule has 2 fully saturated rings. The van der Waals surface area contributed by atoms with Crippen molar-refractivity contribution < 1.29 is 22.7 Å². The van der Waals surface area contributed by atoms with Crippen molar-refractivity contribution in [2.45, 2.75) is 44.4 Å². The van der Waals surface area contributed by atoms with Gasteiger partial charge in [-0.1, -0.05) is 0 Å². The average Bonchev–Trinajstić information content (AvgIpc) is 3.31. The lowest BCUT2D eigenvalue weighted by Gasteiger charge is -2.31. The van der Waals surface area contributed by atoms with Crippen LogP contribution in [0.25, 0.3) is 0 Å². The Labute approximate surface area is 131 Å². The van der Waals surface area contributed by atoms with Gasteiger partial charge < -0.3 is 9.64 Å². The van der Waals surface area contributed by atoms with Crippen molar-refractivity contribution in [3.05, 3.63) is 18.0 Å². The number of carbonyl (C=O) groups is 1. The third kappa shape index (κ3) is 4.33. The molecule has 3 rings (SSSR count). The number of rotatable bonds is 4. The van der Waals surface area contributed by atoms with E-state index >= 15 is 0 Å². The van der Waals surface area contributed by atoms with Crippen LogP contribution in [0.2, 0.25) is 0 Å². The summed E-state index contributed by atoms with van der Waals surface area (Å²) in [5.74, 6) is 0.719. The van der Waals surface area contributed by atoms with Crippen molar-refractivity contribution in [1.29, 1.82) is 0 Å². The number of hydrogen-bond acceptors (Lipinski definition) is 4. The zero-order valence-electron chi connectivity index (χ0n) is 12.6. The summed E-state index contributed by atoms with van der Waals surface area (Å²) in [4.78, 5) is 21.0. The van der Waals surface area contributed by atoms with Crippen LogP contribution in [0.3, 0.4) is 0 Å². The monoisotopic (exact) mass is 329 g/mol. The predicted molar refractivity (Wildman–Crippen MR) is 74.6 cm³/mol.